The third-order valence-electron chi connectivity index (χ3n) is 2.34. The molecule has 0 aliphatic heterocycles. The summed E-state index contributed by atoms with van der Waals surface area (Å²) in [5.74, 6) is 0.791. The summed E-state index contributed by atoms with van der Waals surface area (Å²) >= 11 is 0. The van der Waals surface area contributed by atoms with Gasteiger partial charge in [0.15, 0.2) is 0 Å². The van der Waals surface area contributed by atoms with Crippen molar-refractivity contribution in [2.75, 3.05) is 0 Å². The van der Waals surface area contributed by atoms with Gasteiger partial charge in [-0.05, 0) is 32.1 Å². The first-order valence-corrected chi connectivity index (χ1v) is 4.52. The first kappa shape index (κ1) is 8.79. The minimum absolute atomic E-state index is 0.465. The van der Waals surface area contributed by atoms with Gasteiger partial charge >= 0.3 is 0 Å². The summed E-state index contributed by atoms with van der Waals surface area (Å²) in [6.07, 6.45) is 3.55. The summed E-state index contributed by atoms with van der Waals surface area (Å²) < 4.78 is 0. The van der Waals surface area contributed by atoms with Crippen molar-refractivity contribution in [2.45, 2.75) is 46.1 Å². The van der Waals surface area contributed by atoms with Crippen LogP contribution in [-0.2, 0) is 0 Å². The van der Waals surface area contributed by atoms with Crippen LogP contribution in [0.3, 0.4) is 0 Å². The molecule has 0 spiro atoms. The van der Waals surface area contributed by atoms with Crippen molar-refractivity contribution in [3.05, 3.63) is 11.1 Å². The predicted molar refractivity (Wildman–Crippen MR) is 49.4 cm³/mol. The molecule has 0 radical (unpaired) electrons. The molecule has 1 heteroatoms. The summed E-state index contributed by atoms with van der Waals surface area (Å²) in [6, 6.07) is 0.465. The molecule has 0 amide bonds. The van der Waals surface area contributed by atoms with E-state index in [1.54, 1.807) is 11.1 Å². The topological polar surface area (TPSA) is 26.0 Å². The Balaban J connectivity index is 2.40. The number of hydrogen-bond acceptors (Lipinski definition) is 1. The average molecular weight is 153 g/mol. The van der Waals surface area contributed by atoms with Crippen LogP contribution in [0.1, 0.15) is 40.0 Å². The van der Waals surface area contributed by atoms with Gasteiger partial charge in [-0.25, -0.2) is 0 Å². The molecule has 0 heterocycles. The molecule has 11 heavy (non-hydrogen) atoms. The van der Waals surface area contributed by atoms with E-state index in [4.69, 9.17) is 5.73 Å². The van der Waals surface area contributed by atoms with Crippen LogP contribution in [0.25, 0.3) is 0 Å². The molecule has 0 unspecified atom stereocenters. The van der Waals surface area contributed by atoms with Crippen LogP contribution >= 0.6 is 0 Å². The van der Waals surface area contributed by atoms with E-state index < -0.39 is 0 Å². The van der Waals surface area contributed by atoms with Gasteiger partial charge in [0.05, 0.1) is 0 Å². The highest BCUT2D eigenvalue weighted by Gasteiger charge is 2.20. The van der Waals surface area contributed by atoms with Gasteiger partial charge in [-0.1, -0.05) is 25.0 Å². The van der Waals surface area contributed by atoms with E-state index in [0.29, 0.717) is 6.04 Å². The van der Waals surface area contributed by atoms with E-state index in [9.17, 15) is 0 Å². The summed E-state index contributed by atoms with van der Waals surface area (Å²) in [7, 11) is 0. The van der Waals surface area contributed by atoms with Gasteiger partial charge in [0, 0.05) is 6.04 Å². The van der Waals surface area contributed by atoms with Crippen molar-refractivity contribution < 1.29 is 0 Å². The highest BCUT2D eigenvalue weighted by molar-refractivity contribution is 5.21. The van der Waals surface area contributed by atoms with E-state index in [0.717, 1.165) is 18.8 Å². The average Bonchev–Trinajstić information content (AvgIpc) is 1.79. The first-order chi connectivity index (χ1) is 5.09. The second kappa shape index (κ2) is 3.40. The highest BCUT2D eigenvalue weighted by atomic mass is 14.7. The van der Waals surface area contributed by atoms with Crippen LogP contribution < -0.4 is 5.73 Å². The van der Waals surface area contributed by atoms with Crippen molar-refractivity contribution >= 4 is 0 Å². The van der Waals surface area contributed by atoms with Gasteiger partial charge in [-0.15, -0.1) is 0 Å². The summed E-state index contributed by atoms with van der Waals surface area (Å²) in [4.78, 5) is 0. The molecule has 0 aromatic heterocycles. The Kier molecular flexibility index (Phi) is 2.72. The molecular weight excluding hydrogens is 134 g/mol. The van der Waals surface area contributed by atoms with Crippen LogP contribution in [0.5, 0.6) is 0 Å². The van der Waals surface area contributed by atoms with Crippen LogP contribution in [0, 0.1) is 5.92 Å². The van der Waals surface area contributed by atoms with Crippen LogP contribution in [0.15, 0.2) is 11.1 Å². The Morgan fingerprint density at radius 1 is 1.55 bits per heavy atom. The standard InChI is InChI=1S/C10H19N/c1-7(2)4-8(3)9-5-10(11)6-9/h7,10H,4-6,11H2,1-3H3. The zero-order valence-corrected chi connectivity index (χ0v) is 7.85. The molecule has 0 aromatic rings. The minimum Gasteiger partial charge on any atom is -0.327 e. The van der Waals surface area contributed by atoms with Crippen molar-refractivity contribution in [3.63, 3.8) is 0 Å². The molecule has 2 N–H and O–H groups in total. The van der Waals surface area contributed by atoms with Crippen LogP contribution in [0.2, 0.25) is 0 Å². The molecule has 0 aromatic carbocycles. The maximum atomic E-state index is 5.70. The van der Waals surface area contributed by atoms with E-state index in [1.165, 1.54) is 6.42 Å². The van der Waals surface area contributed by atoms with Gasteiger partial charge in [0.25, 0.3) is 0 Å². The second-order valence-electron chi connectivity index (χ2n) is 4.15. The molecule has 0 atom stereocenters. The van der Waals surface area contributed by atoms with Crippen molar-refractivity contribution in [1.29, 1.82) is 0 Å². The Labute approximate surface area is 69.7 Å². The fourth-order valence-corrected chi connectivity index (χ4v) is 1.68. The van der Waals surface area contributed by atoms with Crippen LogP contribution in [0.4, 0.5) is 0 Å². The molecule has 1 nitrogen and oxygen atoms in total. The first-order valence-electron chi connectivity index (χ1n) is 4.52. The van der Waals surface area contributed by atoms with Gasteiger partial charge in [0.1, 0.15) is 0 Å². The van der Waals surface area contributed by atoms with Crippen molar-refractivity contribution in [3.8, 4) is 0 Å². The Morgan fingerprint density at radius 3 is 2.45 bits per heavy atom. The van der Waals surface area contributed by atoms with E-state index in [-0.39, 0.29) is 0 Å². The van der Waals surface area contributed by atoms with E-state index in [2.05, 4.69) is 20.8 Å². The summed E-state index contributed by atoms with van der Waals surface area (Å²) in [5, 5.41) is 0. The Hall–Kier alpha value is -0.300. The van der Waals surface area contributed by atoms with Gasteiger partial charge in [0.2, 0.25) is 0 Å². The normalized spacial score (nSPS) is 23.7. The summed E-state index contributed by atoms with van der Waals surface area (Å²) in [5.41, 5.74) is 8.91. The zero-order chi connectivity index (χ0) is 8.43. The maximum absolute atomic E-state index is 5.70. The molecular formula is C10H19N. The smallest absolute Gasteiger partial charge is 0.0114 e. The zero-order valence-electron chi connectivity index (χ0n) is 7.85. The van der Waals surface area contributed by atoms with Crippen LogP contribution in [-0.4, -0.2) is 6.04 Å². The van der Waals surface area contributed by atoms with E-state index in [1.807, 2.05) is 0 Å². The minimum atomic E-state index is 0.465. The van der Waals surface area contributed by atoms with E-state index >= 15 is 0 Å². The Morgan fingerprint density at radius 2 is 2.09 bits per heavy atom. The largest absolute Gasteiger partial charge is 0.327 e. The molecule has 1 rings (SSSR count). The lowest BCUT2D eigenvalue weighted by Crippen LogP contribution is -2.31. The second-order valence-corrected chi connectivity index (χ2v) is 4.15. The number of rotatable bonds is 2. The van der Waals surface area contributed by atoms with Gasteiger partial charge in [-0.3, -0.25) is 0 Å². The molecule has 1 aliphatic rings. The van der Waals surface area contributed by atoms with Crippen molar-refractivity contribution in [1.82, 2.24) is 0 Å². The molecule has 64 valence electrons. The quantitative estimate of drug-likeness (QED) is 0.606. The predicted octanol–water partition coefficient (Wildman–Crippen LogP) is 2.47. The molecule has 1 aliphatic carbocycles. The third kappa shape index (κ3) is 2.33. The number of hydrogen-bond donors (Lipinski definition) is 1. The fourth-order valence-electron chi connectivity index (χ4n) is 1.68. The lowest BCUT2D eigenvalue weighted by Gasteiger charge is -2.28. The lowest BCUT2D eigenvalue weighted by atomic mass is 9.82. The summed E-state index contributed by atoms with van der Waals surface area (Å²) in [6.45, 7) is 6.78. The molecule has 1 saturated carbocycles. The molecule has 1 fully saturated rings. The Bertz CT molecular complexity index is 160. The molecule has 0 bridgehead atoms. The van der Waals surface area contributed by atoms with Gasteiger partial charge < -0.3 is 5.73 Å². The van der Waals surface area contributed by atoms with Gasteiger partial charge in [-0.2, -0.15) is 0 Å². The maximum Gasteiger partial charge on any atom is 0.0114 e. The highest BCUT2D eigenvalue weighted by Crippen LogP contribution is 2.30. The fraction of sp³-hybridized carbons (Fsp3) is 0.800. The lowest BCUT2D eigenvalue weighted by molar-refractivity contribution is 0.521. The van der Waals surface area contributed by atoms with Crippen molar-refractivity contribution in [2.24, 2.45) is 11.7 Å². The number of allylic oxidation sites excluding steroid dienone is 1. The monoisotopic (exact) mass is 153 g/mol. The number of nitrogens with two attached hydrogens (primary N) is 1. The SMILES string of the molecule is CC(CC(C)C)=C1CC(N)C1. The third-order valence-corrected chi connectivity index (χ3v) is 2.34. The molecule has 0 saturated heterocycles.